The van der Waals surface area contributed by atoms with Gasteiger partial charge in [-0.1, -0.05) is 6.42 Å². The van der Waals surface area contributed by atoms with Gasteiger partial charge in [-0.3, -0.25) is 10.2 Å². The van der Waals surface area contributed by atoms with E-state index in [1.807, 2.05) is 0 Å². The number of aromatic nitrogens is 2. The van der Waals surface area contributed by atoms with Crippen molar-refractivity contribution in [1.29, 1.82) is 0 Å². The molecule has 2 atom stereocenters. The van der Waals surface area contributed by atoms with E-state index in [9.17, 15) is 14.4 Å². The Kier molecular flexibility index (Phi) is 9.94. The lowest BCUT2D eigenvalue weighted by molar-refractivity contribution is -0.0123. The van der Waals surface area contributed by atoms with Crippen molar-refractivity contribution in [2.24, 2.45) is 0 Å². The number of nitrogens with zero attached hydrogens (tertiary/aromatic N) is 4. The van der Waals surface area contributed by atoms with E-state index in [0.717, 1.165) is 12.8 Å². The monoisotopic (exact) mass is 679 g/mol. The molecule has 3 heterocycles. The fraction of sp³-hybridized carbons (Fsp3) is 0.528. The minimum absolute atomic E-state index is 0.215. The van der Waals surface area contributed by atoms with Crippen LogP contribution in [0.4, 0.5) is 30.3 Å². The van der Waals surface area contributed by atoms with E-state index in [1.54, 1.807) is 74.6 Å². The summed E-state index contributed by atoms with van der Waals surface area (Å²) in [5.74, 6) is 0.0207. The number of fused-ring (bicyclic) bond motifs is 2. The van der Waals surface area contributed by atoms with Crippen molar-refractivity contribution < 1.29 is 37.7 Å². The van der Waals surface area contributed by atoms with Crippen LogP contribution in [-0.2, 0) is 14.2 Å². The van der Waals surface area contributed by atoms with Crippen LogP contribution in [-0.4, -0.2) is 76.7 Å². The zero-order chi connectivity index (χ0) is 35.8. The highest BCUT2D eigenvalue weighted by atomic mass is 19.1. The van der Waals surface area contributed by atoms with Crippen LogP contribution < -0.4 is 15.0 Å². The van der Waals surface area contributed by atoms with Crippen LogP contribution in [0.1, 0.15) is 78.4 Å². The maximum absolute atomic E-state index is 16.0. The Labute approximate surface area is 286 Å². The van der Waals surface area contributed by atoms with Crippen molar-refractivity contribution in [3.63, 3.8) is 0 Å². The quantitative estimate of drug-likeness (QED) is 0.273. The Hall–Kier alpha value is -4.68. The van der Waals surface area contributed by atoms with Crippen LogP contribution in [0.25, 0.3) is 21.9 Å². The number of nitrogens with one attached hydrogen (secondary N) is 1. The maximum Gasteiger partial charge on any atom is 0.415 e. The highest BCUT2D eigenvalue weighted by molar-refractivity contribution is 5.96. The highest BCUT2D eigenvalue weighted by Crippen LogP contribution is 2.41. The molecule has 0 bridgehead atoms. The topological polar surface area (TPSA) is 132 Å². The third-order valence-corrected chi connectivity index (χ3v) is 8.54. The van der Waals surface area contributed by atoms with Gasteiger partial charge in [-0.25, -0.2) is 28.7 Å². The van der Waals surface area contributed by atoms with Crippen molar-refractivity contribution in [3.05, 3.63) is 41.5 Å². The predicted octanol–water partition coefficient (Wildman–Crippen LogP) is 7.91. The molecular formula is C36H46FN5O7. The van der Waals surface area contributed by atoms with Gasteiger partial charge in [-0.2, -0.15) is 0 Å². The first-order valence-corrected chi connectivity index (χ1v) is 16.6. The van der Waals surface area contributed by atoms with E-state index < -0.39 is 41.4 Å². The second kappa shape index (κ2) is 13.7. The van der Waals surface area contributed by atoms with Gasteiger partial charge in [-0.05, 0) is 103 Å². The van der Waals surface area contributed by atoms with Crippen LogP contribution in [0.2, 0.25) is 0 Å². The summed E-state index contributed by atoms with van der Waals surface area (Å²) in [4.78, 5) is 50.8. The molecule has 1 aliphatic heterocycles. The van der Waals surface area contributed by atoms with Gasteiger partial charge in [0.1, 0.15) is 41.2 Å². The van der Waals surface area contributed by atoms with Gasteiger partial charge in [0, 0.05) is 36.0 Å². The average Bonchev–Trinajstić information content (AvgIpc) is 3.01. The number of hydrogen-bond acceptors (Lipinski definition) is 9. The largest absolute Gasteiger partial charge is 0.474 e. The number of pyridine rings is 2. The van der Waals surface area contributed by atoms with E-state index >= 15 is 4.39 Å². The third kappa shape index (κ3) is 7.97. The summed E-state index contributed by atoms with van der Waals surface area (Å²) in [6, 6.07) is 2.98. The Bertz CT molecular complexity index is 1770. The molecule has 49 heavy (non-hydrogen) atoms. The van der Waals surface area contributed by atoms with Gasteiger partial charge in [-0.15, -0.1) is 0 Å². The number of likely N-dealkylation sites (N-methyl/N-ethyl adjacent to an activating group) is 1. The molecule has 3 amide bonds. The molecule has 12 nitrogen and oxygen atoms in total. The van der Waals surface area contributed by atoms with Crippen molar-refractivity contribution >= 4 is 40.6 Å². The Morgan fingerprint density at radius 3 is 2.35 bits per heavy atom. The molecule has 1 N–H and O–H groups in total. The van der Waals surface area contributed by atoms with Gasteiger partial charge < -0.3 is 23.8 Å². The lowest BCUT2D eigenvalue weighted by atomic mass is 9.91. The van der Waals surface area contributed by atoms with Crippen molar-refractivity contribution in [2.75, 3.05) is 30.4 Å². The van der Waals surface area contributed by atoms with E-state index in [4.69, 9.17) is 18.9 Å². The van der Waals surface area contributed by atoms with Crippen molar-refractivity contribution in [2.45, 2.75) is 104 Å². The molecule has 264 valence electrons. The molecule has 1 aliphatic carbocycles. The number of benzene rings is 1. The van der Waals surface area contributed by atoms with Crippen LogP contribution in [0.5, 0.6) is 5.88 Å². The lowest BCUT2D eigenvalue weighted by Crippen LogP contribution is -2.49. The summed E-state index contributed by atoms with van der Waals surface area (Å²) < 4.78 is 38.7. The first-order chi connectivity index (χ1) is 22.9. The normalized spacial score (nSPS) is 17.9. The van der Waals surface area contributed by atoms with Gasteiger partial charge in [0.15, 0.2) is 0 Å². The fourth-order valence-corrected chi connectivity index (χ4v) is 6.21. The number of hydrogen-bond donors (Lipinski definition) is 1. The third-order valence-electron chi connectivity index (χ3n) is 8.54. The number of carbonyl (C=O) groups is 3. The number of halogens is 1. The average molecular weight is 680 g/mol. The molecule has 0 radical (unpaired) electrons. The molecule has 0 unspecified atom stereocenters. The smallest absolute Gasteiger partial charge is 0.415 e. The van der Waals surface area contributed by atoms with Crippen LogP contribution in [0, 0.1) is 19.7 Å². The molecule has 13 heteroatoms. The minimum atomic E-state index is -0.711. The second-order valence-corrected chi connectivity index (χ2v) is 14.6. The van der Waals surface area contributed by atoms with E-state index in [2.05, 4.69) is 15.3 Å². The number of ether oxygens (including phenoxy) is 4. The minimum Gasteiger partial charge on any atom is -0.474 e. The zero-order valence-electron chi connectivity index (χ0n) is 29.7. The molecular weight excluding hydrogens is 633 g/mol. The SMILES string of the molecule is Cc1c(-c2cc3cc(NC(=O)O[C@H]4CCCC[C@@H]4N(C)C(=O)OC(C)(C)C)ncc3c(C)c2F)cnc2c1N(C(=O)OC(C)(C)C)CCO2. The van der Waals surface area contributed by atoms with Crippen LogP contribution >= 0.6 is 0 Å². The molecule has 5 rings (SSSR count). The summed E-state index contributed by atoms with van der Waals surface area (Å²) in [6.07, 6.45) is 3.81. The van der Waals surface area contributed by atoms with E-state index in [0.29, 0.717) is 46.0 Å². The lowest BCUT2D eigenvalue weighted by Gasteiger charge is -2.37. The standard InChI is InChI=1S/C36H46FN5O7/c1-20-24-18-38-28(40-32(43)47-27-13-11-10-12-26(27)41(9)33(44)48-35(3,4)5)17-22(24)16-23(29(20)37)25-19-39-31-30(21(25)2)42(14-15-46-31)34(45)49-36(6,7)8/h16-19,26-27H,10-15H2,1-9H3,(H,38,40,43)/t26-,27-/m0/s1. The Morgan fingerprint density at radius 2 is 1.65 bits per heavy atom. The zero-order valence-corrected chi connectivity index (χ0v) is 29.7. The summed E-state index contributed by atoms with van der Waals surface area (Å²) in [7, 11) is 1.66. The number of carbonyl (C=O) groups excluding carboxylic acids is 3. The number of rotatable bonds is 4. The van der Waals surface area contributed by atoms with Gasteiger partial charge >= 0.3 is 18.3 Å². The molecule has 0 saturated heterocycles. The Balaban J connectivity index is 1.40. The van der Waals surface area contributed by atoms with Crippen LogP contribution in [0.15, 0.2) is 24.5 Å². The van der Waals surface area contributed by atoms with Gasteiger partial charge in [0.25, 0.3) is 0 Å². The highest BCUT2D eigenvalue weighted by Gasteiger charge is 2.36. The van der Waals surface area contributed by atoms with Crippen molar-refractivity contribution in [3.8, 4) is 17.0 Å². The summed E-state index contributed by atoms with van der Waals surface area (Å²) in [5.41, 5.74) is 0.765. The molecule has 2 aliphatic rings. The molecule has 1 aromatic carbocycles. The first kappa shape index (κ1) is 35.6. The molecule has 1 fully saturated rings. The maximum atomic E-state index is 16.0. The Morgan fingerprint density at radius 1 is 0.959 bits per heavy atom. The molecule has 2 aromatic heterocycles. The van der Waals surface area contributed by atoms with E-state index in [1.165, 1.54) is 22.2 Å². The summed E-state index contributed by atoms with van der Waals surface area (Å²) in [6.45, 7) is 14.7. The van der Waals surface area contributed by atoms with Crippen molar-refractivity contribution in [1.82, 2.24) is 14.9 Å². The fourth-order valence-electron chi connectivity index (χ4n) is 6.21. The summed E-state index contributed by atoms with van der Waals surface area (Å²) >= 11 is 0. The van der Waals surface area contributed by atoms with Gasteiger partial charge in [0.2, 0.25) is 5.88 Å². The summed E-state index contributed by atoms with van der Waals surface area (Å²) in [5, 5.41) is 3.89. The molecule has 0 spiro atoms. The number of amides is 3. The van der Waals surface area contributed by atoms with E-state index in [-0.39, 0.29) is 36.5 Å². The predicted molar refractivity (Wildman–Crippen MR) is 184 cm³/mol. The first-order valence-electron chi connectivity index (χ1n) is 16.6. The van der Waals surface area contributed by atoms with Crippen LogP contribution in [0.3, 0.4) is 0 Å². The second-order valence-electron chi connectivity index (χ2n) is 14.6. The number of anilines is 2. The van der Waals surface area contributed by atoms with Gasteiger partial charge in [0.05, 0.1) is 12.6 Å². The molecule has 1 saturated carbocycles. The number of aryl methyl sites for hydroxylation is 1. The molecule has 3 aromatic rings.